The van der Waals surface area contributed by atoms with Crippen molar-refractivity contribution in [3.05, 3.63) is 325 Å². The smallest absolute Gasteiger partial charge is 0.254 e. The summed E-state index contributed by atoms with van der Waals surface area (Å²) in [7, 11) is -0.282. The molecule has 4 heterocycles. The fourth-order valence-electron chi connectivity index (χ4n) is 19.9. The second-order valence-corrected chi connectivity index (χ2v) is 44.2. The van der Waals surface area contributed by atoms with Crippen LogP contribution in [0.1, 0.15) is 326 Å². The van der Waals surface area contributed by atoms with E-state index in [0.29, 0.717) is 57.7 Å². The Balaban J connectivity index is 0.000000248. The Kier molecular flexibility index (Phi) is 39.1. The predicted molar refractivity (Wildman–Crippen MR) is 558 cm³/mol. The number of hydrogen-bond donors (Lipinski definition) is 0. The number of anilines is 2. The van der Waals surface area contributed by atoms with Crippen molar-refractivity contribution in [2.45, 2.75) is 308 Å². The Bertz CT molecular complexity index is 5420. The van der Waals surface area contributed by atoms with Crippen molar-refractivity contribution in [3.63, 3.8) is 0 Å². The van der Waals surface area contributed by atoms with Gasteiger partial charge >= 0.3 is 0 Å². The zero-order valence-electron chi connectivity index (χ0n) is 84.1. The van der Waals surface area contributed by atoms with E-state index < -0.39 is 0 Å². The summed E-state index contributed by atoms with van der Waals surface area (Å²) in [6.45, 7) is 81.4. The minimum absolute atomic E-state index is 0. The van der Waals surface area contributed by atoms with Gasteiger partial charge in [0.25, 0.3) is 12.7 Å². The third-order valence-corrected chi connectivity index (χ3v) is 28.2. The molecule has 8 nitrogen and oxygen atoms in total. The van der Waals surface area contributed by atoms with Crippen LogP contribution in [0.2, 0.25) is 0 Å². The highest BCUT2D eigenvalue weighted by molar-refractivity contribution is 7.68. The minimum atomic E-state index is -0.282. The maximum atomic E-state index is 2.51. The summed E-state index contributed by atoms with van der Waals surface area (Å²) in [4.78, 5) is 4.91. The molecule has 2 aliphatic rings. The van der Waals surface area contributed by atoms with Gasteiger partial charge in [-0.25, -0.2) is 37.2 Å². The Morgan fingerprint density at radius 3 is 0.946 bits per heavy atom. The van der Waals surface area contributed by atoms with Gasteiger partial charge in [-0.05, 0) is 202 Å². The van der Waals surface area contributed by atoms with E-state index in [1.807, 2.05) is 0 Å². The van der Waals surface area contributed by atoms with Gasteiger partial charge in [0.1, 0.15) is 96.5 Å². The average Bonchev–Trinajstić information content (AvgIpc) is 1.30. The van der Waals surface area contributed by atoms with Crippen molar-refractivity contribution in [1.29, 1.82) is 0 Å². The zero-order chi connectivity index (χ0) is 91.7. The van der Waals surface area contributed by atoms with Crippen molar-refractivity contribution in [1.82, 2.24) is 9.13 Å². The molecule has 0 N–H and O–H groups in total. The first kappa shape index (κ1) is 108. The van der Waals surface area contributed by atoms with E-state index in [4.69, 9.17) is 0 Å². The largest absolute Gasteiger partial charge is 1.00 e. The number of para-hydroxylation sites is 4. The topological polar surface area (TPSA) is 30.1 Å². The molecule has 0 saturated carbocycles. The molecule has 12 aromatic rings. The lowest BCUT2D eigenvalue weighted by molar-refractivity contribution is -0.596. The van der Waals surface area contributed by atoms with E-state index in [-0.39, 0.29) is 47.6 Å². The van der Waals surface area contributed by atoms with Gasteiger partial charge in [0, 0.05) is 44.5 Å². The highest BCUT2D eigenvalue weighted by atomic mass is 35.5. The van der Waals surface area contributed by atoms with Gasteiger partial charge < -0.3 is 24.8 Å². The number of rotatable bonds is 18. The highest BCUT2D eigenvalue weighted by Crippen LogP contribution is 2.59. The zero-order valence-corrected chi connectivity index (χ0v) is 86.5. The lowest BCUT2D eigenvalue weighted by atomic mass is 9.92. The number of benzene rings is 10. The van der Waals surface area contributed by atoms with Gasteiger partial charge in [0.05, 0.1) is 0 Å². The van der Waals surface area contributed by atoms with Gasteiger partial charge in [0.2, 0.25) is 12.7 Å². The van der Waals surface area contributed by atoms with Crippen LogP contribution in [0.5, 0.6) is 0 Å². The second kappa shape index (κ2) is 46.6. The number of nitrogens with zero attached hydrogens (tertiary/aromatic N) is 8. The van der Waals surface area contributed by atoms with E-state index in [1.54, 1.807) is 0 Å². The van der Waals surface area contributed by atoms with Crippen LogP contribution in [-0.2, 0) is 0 Å². The molecule has 0 saturated heterocycles. The number of halogens is 2. The molecular weight excluding hydrogens is 1630 g/mol. The van der Waals surface area contributed by atoms with Gasteiger partial charge in [-0.3, -0.25) is 0 Å². The molecule has 0 amide bonds. The van der Waals surface area contributed by atoms with Crippen molar-refractivity contribution in [3.8, 4) is 33.9 Å². The van der Waals surface area contributed by atoms with Crippen LogP contribution >= 0.6 is 7.92 Å². The summed E-state index contributed by atoms with van der Waals surface area (Å²) in [6.07, 6.45) is 17.8. The van der Waals surface area contributed by atoms with Crippen LogP contribution in [0, 0.1) is 83.1 Å². The highest BCUT2D eigenvalue weighted by Gasteiger charge is 2.38. The molecule has 0 radical (unpaired) electrons. The molecule has 10 aromatic carbocycles. The quantitative estimate of drug-likeness (QED) is 0.0633. The van der Waals surface area contributed by atoms with Crippen molar-refractivity contribution in [2.24, 2.45) is 0 Å². The molecule has 2 aliphatic heterocycles. The normalized spacial score (nSPS) is 12.6. The number of aryl methyl sites for hydroxylation is 12. The van der Waals surface area contributed by atoms with Crippen LogP contribution in [0.15, 0.2) is 213 Å². The molecule has 14 rings (SSSR count). The summed E-state index contributed by atoms with van der Waals surface area (Å²) in [5.41, 5.74) is 40.9. The van der Waals surface area contributed by atoms with E-state index >= 15 is 0 Å². The number of hydrogen-bond acceptors (Lipinski definition) is 2. The Morgan fingerprint density at radius 1 is 0.295 bits per heavy atom. The minimum Gasteiger partial charge on any atom is -1.00 e. The van der Waals surface area contributed by atoms with Crippen LogP contribution in [0.4, 0.5) is 22.7 Å². The van der Waals surface area contributed by atoms with Gasteiger partial charge in [-0.1, -0.05) is 373 Å². The fourth-order valence-corrected chi connectivity index (χ4v) is 24.0. The molecule has 0 atom stereocenters. The predicted octanol–water partition coefficient (Wildman–Crippen LogP) is 25.3. The Morgan fingerprint density at radius 2 is 0.581 bits per heavy atom. The maximum Gasteiger partial charge on any atom is 0.254 e. The SMILES string of the molecule is C.C.CC(C)(C)P(c1ccccc1-c1ccccc1)C(C)(C)C.CC(C)c1cccc(C(C)C)c1-n1cc[n+](-c2c(C(C)C)cccc2C(C)C)c1.CC(C)c1cccc(C(C)C)c1N1C=[N+](c2c(C(C)C)cccc2C(C)C)CC1.Cc1cc(C)c(-n2cc[n+](-c3c(C)cc(C)cc3C)c2)c(C)c1.Cc1cc(C)c(N2C=[N+](c3c(C)cc(C)cc3C)CC2)c(C)c1.[Cl-].[Cl-]. The second-order valence-electron chi connectivity index (χ2n) is 40.4. The van der Waals surface area contributed by atoms with E-state index in [1.165, 1.54) is 173 Å². The van der Waals surface area contributed by atoms with Crippen molar-refractivity contribution < 1.29 is 43.1 Å². The van der Waals surface area contributed by atoms with E-state index in [9.17, 15) is 0 Å². The Labute approximate surface area is 797 Å². The lowest BCUT2D eigenvalue weighted by Gasteiger charge is -2.42. The standard InChI is InChI=1S/C27H39N2.C27H37N2.C21H27N2.C21H25N2.C20H27P.2CH4.2ClH/c2*1-18(2)22-11-9-12-23(19(3)4)26(22)28-15-16-29(17-28)27-24(20(5)6)13-10-14-25(27)21(7)8;2*1-14-9-16(3)20(17(4)10-14)22-7-8-23(13-22)21-18(5)11-15(2)12-19(21)6;1-19(2,3)21(20(4,5)6)18-15-11-10-14-17(18)16-12-8-7-9-13-16;;;;/h9-14,17-21H,15-16H2,1-8H3;9-21H,1-8H3;9-13H,7-8H2,1-6H3;7-13H,1-6H3;7-15H,1-6H3;2*1H4;2*1H/q4*+1;;;;;/p-2. The van der Waals surface area contributed by atoms with Crippen LogP contribution in [-0.4, -0.2) is 67.5 Å². The molecule has 0 fully saturated rings. The van der Waals surface area contributed by atoms with Crippen LogP contribution in [0.3, 0.4) is 0 Å². The molecule has 0 bridgehead atoms. The molecule has 2 aromatic heterocycles. The Hall–Kier alpha value is -9.43. The van der Waals surface area contributed by atoms with Crippen LogP contribution in [0.25, 0.3) is 33.9 Å². The third-order valence-electron chi connectivity index (χ3n) is 24.7. The molecular formula is C118H163Cl2N8P+2. The van der Waals surface area contributed by atoms with E-state index in [0.717, 1.165) is 26.2 Å². The molecule has 0 unspecified atom stereocenters. The first-order valence-electron chi connectivity index (χ1n) is 46.6. The summed E-state index contributed by atoms with van der Waals surface area (Å²) < 4.78 is 14.0. The van der Waals surface area contributed by atoms with Crippen LogP contribution < -0.4 is 49.1 Å². The first-order valence-corrected chi connectivity index (χ1v) is 48.0. The summed E-state index contributed by atoms with van der Waals surface area (Å²) >= 11 is 0. The lowest BCUT2D eigenvalue weighted by Crippen LogP contribution is -3.00. The number of aromatic nitrogens is 4. The average molecular weight is 1800 g/mol. The summed E-state index contributed by atoms with van der Waals surface area (Å²) in [5.74, 6) is 3.98. The van der Waals surface area contributed by atoms with E-state index in [2.05, 4.69) is 499 Å². The van der Waals surface area contributed by atoms with Gasteiger partial charge in [-0.2, -0.15) is 0 Å². The monoisotopic (exact) mass is 1790 g/mol. The van der Waals surface area contributed by atoms with Crippen molar-refractivity contribution in [2.75, 3.05) is 36.0 Å². The molecule has 129 heavy (non-hydrogen) atoms. The molecule has 11 heteroatoms. The summed E-state index contributed by atoms with van der Waals surface area (Å²) in [5, 5.41) is 2.11. The molecule has 0 spiro atoms. The summed E-state index contributed by atoms with van der Waals surface area (Å²) in [6, 6.07) is 65.0. The maximum absolute atomic E-state index is 2.51. The molecule has 692 valence electrons. The fraction of sp³-hybridized carbons (Fsp3) is 0.424. The molecule has 0 aliphatic carbocycles. The number of imidazole rings is 2. The van der Waals surface area contributed by atoms with Gasteiger partial charge in [-0.15, -0.1) is 0 Å². The van der Waals surface area contributed by atoms with Crippen molar-refractivity contribution >= 4 is 48.7 Å². The van der Waals surface area contributed by atoms with Gasteiger partial charge in [0.15, 0.2) is 0 Å². The third kappa shape index (κ3) is 25.9. The first-order chi connectivity index (χ1) is 58.9.